The fourth-order valence-electron chi connectivity index (χ4n) is 3.06. The normalized spacial score (nSPS) is 21.3. The molecule has 25 heavy (non-hydrogen) atoms. The summed E-state index contributed by atoms with van der Waals surface area (Å²) in [6.07, 6.45) is 2.50. The van der Waals surface area contributed by atoms with Crippen LogP contribution in [0.5, 0.6) is 0 Å². The average molecular weight is 464 g/mol. The number of aliphatic imine (C=N–C) groups is 1. The van der Waals surface area contributed by atoms with Gasteiger partial charge in [-0.25, -0.2) is 4.99 Å². The van der Waals surface area contributed by atoms with Crippen molar-refractivity contribution in [3.63, 3.8) is 0 Å². The minimum absolute atomic E-state index is 0. The smallest absolute Gasteiger partial charge is 0.191 e. The summed E-state index contributed by atoms with van der Waals surface area (Å²) in [6, 6.07) is 3.67. The lowest BCUT2D eigenvalue weighted by molar-refractivity contribution is 0.0428. The van der Waals surface area contributed by atoms with Crippen LogP contribution in [0.4, 0.5) is 0 Å². The average Bonchev–Trinajstić information content (AvgIpc) is 2.98. The highest BCUT2D eigenvalue weighted by atomic mass is 127. The summed E-state index contributed by atoms with van der Waals surface area (Å²) in [5, 5.41) is 17.3. The maximum atomic E-state index is 10.6. The van der Waals surface area contributed by atoms with Crippen molar-refractivity contribution in [2.45, 2.75) is 39.2 Å². The van der Waals surface area contributed by atoms with Crippen molar-refractivity contribution in [1.82, 2.24) is 15.5 Å². The van der Waals surface area contributed by atoms with Gasteiger partial charge in [0.25, 0.3) is 0 Å². The second-order valence-electron chi connectivity index (χ2n) is 7.03. The molecule has 0 radical (unpaired) electrons. The lowest BCUT2D eigenvalue weighted by atomic mass is 9.99. The number of piperidine rings is 1. The minimum Gasteiger partial charge on any atom is -0.463 e. The first-order valence-electron chi connectivity index (χ1n) is 8.90. The van der Waals surface area contributed by atoms with Crippen LogP contribution in [0.15, 0.2) is 21.5 Å². The molecule has 7 heteroatoms. The van der Waals surface area contributed by atoms with Gasteiger partial charge < -0.3 is 25.1 Å². The highest BCUT2D eigenvalue weighted by molar-refractivity contribution is 14.0. The molecule has 2 rings (SSSR count). The van der Waals surface area contributed by atoms with Gasteiger partial charge in [0, 0.05) is 19.6 Å². The quantitative estimate of drug-likeness (QED) is 0.343. The van der Waals surface area contributed by atoms with Gasteiger partial charge in [-0.2, -0.15) is 0 Å². The van der Waals surface area contributed by atoms with Gasteiger partial charge in [-0.3, -0.25) is 0 Å². The van der Waals surface area contributed by atoms with Crippen LogP contribution in [0.1, 0.15) is 38.2 Å². The predicted molar refractivity (Wildman–Crippen MR) is 113 cm³/mol. The Hall–Kier alpha value is -0.800. The number of aryl methyl sites for hydroxylation is 1. The topological polar surface area (TPSA) is 73.0 Å². The Morgan fingerprint density at radius 1 is 1.44 bits per heavy atom. The lowest BCUT2D eigenvalue weighted by Gasteiger charge is -2.30. The molecule has 2 heterocycles. The number of furan rings is 1. The molecule has 144 valence electrons. The van der Waals surface area contributed by atoms with Crippen molar-refractivity contribution in [2.24, 2.45) is 10.9 Å². The van der Waals surface area contributed by atoms with Gasteiger partial charge in [0.1, 0.15) is 17.1 Å². The van der Waals surface area contributed by atoms with E-state index in [1.165, 1.54) is 19.4 Å². The number of aliphatic hydroxyl groups is 1. The van der Waals surface area contributed by atoms with Crippen LogP contribution in [0.2, 0.25) is 0 Å². The van der Waals surface area contributed by atoms with Crippen LogP contribution in [0, 0.1) is 12.8 Å². The summed E-state index contributed by atoms with van der Waals surface area (Å²) >= 11 is 0. The van der Waals surface area contributed by atoms with E-state index in [0.29, 0.717) is 11.7 Å². The predicted octanol–water partition coefficient (Wildman–Crippen LogP) is 2.31. The molecule has 1 aliphatic heterocycles. The Morgan fingerprint density at radius 3 is 2.80 bits per heavy atom. The summed E-state index contributed by atoms with van der Waals surface area (Å²) in [4.78, 5) is 6.92. The number of hydrogen-bond acceptors (Lipinski definition) is 4. The van der Waals surface area contributed by atoms with Gasteiger partial charge >= 0.3 is 0 Å². The van der Waals surface area contributed by atoms with E-state index in [1.807, 2.05) is 26.0 Å². The van der Waals surface area contributed by atoms with Gasteiger partial charge in [0.15, 0.2) is 5.96 Å². The summed E-state index contributed by atoms with van der Waals surface area (Å²) in [5.41, 5.74) is -1.11. The van der Waals surface area contributed by atoms with Crippen molar-refractivity contribution < 1.29 is 9.52 Å². The molecule has 2 unspecified atom stereocenters. The summed E-state index contributed by atoms with van der Waals surface area (Å²) in [5.74, 6) is 2.73. The second-order valence-corrected chi connectivity index (χ2v) is 7.03. The largest absolute Gasteiger partial charge is 0.463 e. The molecular formula is C18H33IN4O2. The molecular weight excluding hydrogens is 431 g/mol. The van der Waals surface area contributed by atoms with Gasteiger partial charge in [-0.05, 0) is 65.3 Å². The van der Waals surface area contributed by atoms with E-state index in [1.54, 1.807) is 6.92 Å². The van der Waals surface area contributed by atoms with Crippen molar-refractivity contribution in [3.05, 3.63) is 23.7 Å². The third kappa shape index (κ3) is 7.15. The number of nitrogens with zero attached hydrogens (tertiary/aromatic N) is 2. The zero-order valence-corrected chi connectivity index (χ0v) is 18.2. The fraction of sp³-hybridized carbons (Fsp3) is 0.722. The van der Waals surface area contributed by atoms with E-state index in [0.717, 1.165) is 31.4 Å². The molecule has 0 amide bonds. The molecule has 0 bridgehead atoms. The molecule has 1 aliphatic rings. The van der Waals surface area contributed by atoms with Gasteiger partial charge in [0.05, 0.1) is 6.54 Å². The molecule has 0 spiro atoms. The molecule has 6 nitrogen and oxygen atoms in total. The van der Waals surface area contributed by atoms with Crippen LogP contribution < -0.4 is 10.6 Å². The molecule has 1 saturated heterocycles. The lowest BCUT2D eigenvalue weighted by Crippen LogP contribution is -2.44. The van der Waals surface area contributed by atoms with Crippen molar-refractivity contribution in [3.8, 4) is 0 Å². The number of likely N-dealkylation sites (tertiary alicyclic amines) is 1. The van der Waals surface area contributed by atoms with Gasteiger partial charge in [-0.15, -0.1) is 24.0 Å². The van der Waals surface area contributed by atoms with E-state index >= 15 is 0 Å². The molecule has 0 aliphatic carbocycles. The van der Waals surface area contributed by atoms with Crippen LogP contribution in [-0.4, -0.2) is 55.7 Å². The highest BCUT2D eigenvalue weighted by Gasteiger charge is 2.27. The van der Waals surface area contributed by atoms with E-state index in [2.05, 4.69) is 27.6 Å². The van der Waals surface area contributed by atoms with Crippen LogP contribution >= 0.6 is 24.0 Å². The molecule has 2 atom stereocenters. The summed E-state index contributed by atoms with van der Waals surface area (Å²) in [6.45, 7) is 9.89. The summed E-state index contributed by atoms with van der Waals surface area (Å²) in [7, 11) is 2.17. The first-order chi connectivity index (χ1) is 11.4. The maximum Gasteiger partial charge on any atom is 0.191 e. The zero-order valence-electron chi connectivity index (χ0n) is 15.8. The van der Waals surface area contributed by atoms with Crippen molar-refractivity contribution in [1.29, 1.82) is 0 Å². The number of guanidine groups is 1. The van der Waals surface area contributed by atoms with Crippen LogP contribution in [0.25, 0.3) is 0 Å². The highest BCUT2D eigenvalue weighted by Crippen LogP contribution is 2.23. The minimum atomic E-state index is -1.11. The van der Waals surface area contributed by atoms with Crippen LogP contribution in [0.3, 0.4) is 0 Å². The number of halogens is 1. The van der Waals surface area contributed by atoms with Crippen LogP contribution in [-0.2, 0) is 5.60 Å². The van der Waals surface area contributed by atoms with E-state index in [9.17, 15) is 5.11 Å². The molecule has 0 saturated carbocycles. The van der Waals surface area contributed by atoms with Gasteiger partial charge in [-0.1, -0.05) is 0 Å². The fourth-order valence-corrected chi connectivity index (χ4v) is 3.06. The third-order valence-corrected chi connectivity index (χ3v) is 4.44. The monoisotopic (exact) mass is 464 g/mol. The first kappa shape index (κ1) is 22.2. The van der Waals surface area contributed by atoms with E-state index in [4.69, 9.17) is 4.42 Å². The molecule has 0 aromatic carbocycles. The Labute approximate surface area is 168 Å². The third-order valence-electron chi connectivity index (χ3n) is 4.44. The summed E-state index contributed by atoms with van der Waals surface area (Å²) < 4.78 is 5.54. The number of nitrogens with one attached hydrogen (secondary N) is 2. The SMILES string of the molecule is CCNC(=NCC(C)(O)c1ccc(C)o1)NCC1CCCN(C)C1.I. The standard InChI is InChI=1S/C18H32N4O2.HI/c1-5-19-17(20-11-15-7-6-10-22(4)12-15)21-13-18(3,23)16-9-8-14(2)24-16;/h8-9,15,23H,5-7,10-13H2,1-4H3,(H2,19,20,21);1H. The second kappa shape index (κ2) is 10.4. The Morgan fingerprint density at radius 2 is 2.20 bits per heavy atom. The maximum absolute atomic E-state index is 10.6. The van der Waals surface area contributed by atoms with E-state index in [-0.39, 0.29) is 30.5 Å². The zero-order chi connectivity index (χ0) is 17.6. The van der Waals surface area contributed by atoms with E-state index < -0.39 is 5.60 Å². The van der Waals surface area contributed by atoms with Crippen molar-refractivity contribution >= 4 is 29.9 Å². The van der Waals surface area contributed by atoms with Crippen molar-refractivity contribution in [2.75, 3.05) is 39.8 Å². The first-order valence-corrected chi connectivity index (χ1v) is 8.90. The number of rotatable bonds is 6. The molecule has 1 aromatic rings. The Bertz CT molecular complexity index is 545. The molecule has 3 N–H and O–H groups in total. The van der Waals surface area contributed by atoms with Gasteiger partial charge in [0.2, 0.25) is 0 Å². The Kier molecular flexibility index (Phi) is 9.23. The molecule has 1 fully saturated rings. The Balaban J connectivity index is 0.00000312. The molecule has 1 aromatic heterocycles. The number of hydrogen-bond donors (Lipinski definition) is 3.